The first kappa shape index (κ1) is 42.5. The molecule has 0 atom stereocenters. The zero-order valence-corrected chi connectivity index (χ0v) is 44.4. The predicted molar refractivity (Wildman–Crippen MR) is 241 cm³/mol. The van der Waals surface area contributed by atoms with Gasteiger partial charge in [-0.05, 0) is 102 Å². The van der Waals surface area contributed by atoms with Crippen LogP contribution in [0.5, 0.6) is 0 Å². The van der Waals surface area contributed by atoms with Gasteiger partial charge in [0.05, 0.1) is 0 Å². The molecule has 14 rings (SSSR count). The molecule has 0 unspecified atom stereocenters. The summed E-state index contributed by atoms with van der Waals surface area (Å²) in [5.41, 5.74) is -0.101. The fourth-order valence-electron chi connectivity index (χ4n) is 14.4. The van der Waals surface area contributed by atoms with Gasteiger partial charge in [-0.15, -0.1) is 0 Å². The maximum absolute atomic E-state index is 15.2. The Morgan fingerprint density at radius 2 is 0.452 bits per heavy atom. The molecule has 1 aromatic carbocycles. The van der Waals surface area contributed by atoms with Crippen molar-refractivity contribution in [3.05, 3.63) is 30.1 Å². The molecule has 62 heavy (non-hydrogen) atoms. The van der Waals surface area contributed by atoms with Crippen LogP contribution in [0.25, 0.3) is 0 Å². The zero-order chi connectivity index (χ0) is 41.3. The van der Waals surface area contributed by atoms with E-state index >= 15 is 4.39 Å². The number of rotatable bonds is 8. The summed E-state index contributed by atoms with van der Waals surface area (Å²) in [5, 5.41) is 0.678. The highest BCUT2D eigenvalue weighted by molar-refractivity contribution is 7.06. The first-order chi connectivity index (χ1) is 30.2. The van der Waals surface area contributed by atoms with Crippen LogP contribution in [0.1, 0.15) is 180 Å². The fourth-order valence-corrected chi connectivity index (χ4v) is 70.0. The molecule has 21 heteroatoms. The number of hydrogen-bond acceptors (Lipinski definition) is 12. The molecule has 7 saturated carbocycles. The van der Waals surface area contributed by atoms with Crippen molar-refractivity contribution in [3.63, 3.8) is 0 Å². The second-order valence-electron chi connectivity index (χ2n) is 21.4. The van der Waals surface area contributed by atoms with Gasteiger partial charge in [-0.1, -0.05) is 102 Å². The largest absolute Gasteiger partial charge is 0.515 e. The van der Waals surface area contributed by atoms with E-state index in [0.717, 1.165) is 180 Å². The molecule has 0 aromatic heterocycles. The zero-order valence-electron chi connectivity index (χ0n) is 36.4. The van der Waals surface area contributed by atoms with Gasteiger partial charge in [0.25, 0.3) is 0 Å². The lowest BCUT2D eigenvalue weighted by atomic mass is 10.3. The third kappa shape index (κ3) is 6.62. The molecule has 8 bridgehead atoms. The Morgan fingerprint density at radius 3 is 0.645 bits per heavy atom. The van der Waals surface area contributed by atoms with Gasteiger partial charge in [-0.2, -0.15) is 0 Å². The van der Waals surface area contributed by atoms with Crippen molar-refractivity contribution < 1.29 is 53.8 Å². The van der Waals surface area contributed by atoms with Crippen LogP contribution in [0.4, 0.5) is 4.39 Å². The van der Waals surface area contributed by atoms with E-state index in [1.807, 2.05) is 12.1 Å². The molecule has 342 valence electrons. The van der Waals surface area contributed by atoms with Crippen molar-refractivity contribution in [2.45, 2.75) is 219 Å². The Kier molecular flexibility index (Phi) is 10.8. The monoisotopic (exact) mass is 994 g/mol. The van der Waals surface area contributed by atoms with Crippen molar-refractivity contribution in [2.75, 3.05) is 0 Å². The lowest BCUT2D eigenvalue weighted by Crippen LogP contribution is -2.91. The second-order valence-corrected chi connectivity index (χ2v) is 47.0. The van der Waals surface area contributed by atoms with Crippen molar-refractivity contribution in [1.29, 1.82) is 0 Å². The van der Waals surface area contributed by atoms with Crippen LogP contribution in [0, 0.1) is 5.82 Å². The summed E-state index contributed by atoms with van der Waals surface area (Å²) in [7, 11) is -32.5. The summed E-state index contributed by atoms with van der Waals surface area (Å²) in [5.74, 6) is -0.325. The van der Waals surface area contributed by atoms with Gasteiger partial charge in [0.2, 0.25) is 0 Å². The summed E-state index contributed by atoms with van der Waals surface area (Å²) >= 11 is 0. The van der Waals surface area contributed by atoms with Gasteiger partial charge in [0, 0.05) is 44.0 Å². The maximum Gasteiger partial charge on any atom is 0.515 e. The Morgan fingerprint density at radius 1 is 0.274 bits per heavy atom. The van der Waals surface area contributed by atoms with E-state index in [2.05, 4.69) is 0 Å². The van der Waals surface area contributed by atoms with E-state index < -0.39 is 70.4 Å². The summed E-state index contributed by atoms with van der Waals surface area (Å²) in [6.45, 7) is 0. The van der Waals surface area contributed by atoms with Gasteiger partial charge in [0.15, 0.2) is 0 Å². The molecule has 0 N–H and O–H groups in total. The SMILES string of the molecule is Fc1ccc([Si]23O[Si]4(C5CCCC5)O[Si]5(C6CCCC6)O[Si](C6CCCC6)(O2)O[Si]2(C6CCCC6)O[Si](C6CCCC6)(O3)O[Si](C3CCCC3)(O4)O[Si](C3CCCC3)(O5)O2)cc1. The van der Waals surface area contributed by atoms with Crippen LogP contribution in [-0.2, 0) is 49.4 Å². The third-order valence-corrected chi connectivity index (χ3v) is 56.8. The Balaban J connectivity index is 1.16. The Labute approximate surface area is 376 Å². The standard InChI is InChI=1S/C41H67FO12Si8/c42-33-29-31-41(32-30-33)62-52-59(38-23-9-10-24-38)46-56(35-17-3-4-18-35)43-55(34-15-1-2-16-34)44-57(48-59,36-19-5-6-20-36)50-61(54-62,40-27-13-14-28-40)51-58(45-55,37-21-7-8-22-37)49-60(47-56,53-62)39-25-11-12-26-39/h29-32,34-40H,1-28H2. The average Bonchev–Trinajstić information content (AvgIpc) is 4.11. The van der Waals surface area contributed by atoms with E-state index in [1.165, 1.54) is 12.1 Å². The van der Waals surface area contributed by atoms with Crippen LogP contribution in [0.3, 0.4) is 0 Å². The molecule has 1 aromatic rings. The van der Waals surface area contributed by atoms with Gasteiger partial charge >= 0.3 is 70.4 Å². The van der Waals surface area contributed by atoms with E-state index in [0.29, 0.717) is 5.19 Å². The van der Waals surface area contributed by atoms with Gasteiger partial charge in [0.1, 0.15) is 5.82 Å². The van der Waals surface area contributed by atoms with E-state index in [4.69, 9.17) is 49.4 Å². The lowest BCUT2D eigenvalue weighted by Gasteiger charge is -2.66. The number of hydrogen-bond donors (Lipinski definition) is 0. The fraction of sp³-hybridized carbons (Fsp3) is 0.854. The molecule has 7 aliphatic carbocycles. The molecule has 6 aliphatic heterocycles. The highest BCUT2D eigenvalue weighted by Gasteiger charge is 2.88. The molecule has 0 amide bonds. The molecule has 13 aliphatic rings. The van der Waals surface area contributed by atoms with Crippen LogP contribution < -0.4 is 5.19 Å². The van der Waals surface area contributed by atoms with Crippen LogP contribution in [0.15, 0.2) is 24.3 Å². The van der Waals surface area contributed by atoms with Gasteiger partial charge < -0.3 is 49.4 Å². The van der Waals surface area contributed by atoms with Crippen LogP contribution in [0.2, 0.25) is 38.8 Å². The quantitative estimate of drug-likeness (QED) is 0.231. The minimum atomic E-state index is -4.35. The van der Waals surface area contributed by atoms with Crippen molar-refractivity contribution in [3.8, 4) is 0 Å². The average molecular weight is 996 g/mol. The predicted octanol–water partition coefficient (Wildman–Crippen LogP) is 10.4. The number of benzene rings is 1. The molecule has 12 nitrogen and oxygen atoms in total. The molecular weight excluding hydrogens is 928 g/mol. The molecule has 13 fully saturated rings. The lowest BCUT2D eigenvalue weighted by molar-refractivity contribution is -0.0427. The van der Waals surface area contributed by atoms with E-state index in [9.17, 15) is 0 Å². The van der Waals surface area contributed by atoms with E-state index in [-0.39, 0.29) is 44.6 Å². The second kappa shape index (κ2) is 15.7. The molecule has 6 heterocycles. The van der Waals surface area contributed by atoms with Crippen LogP contribution >= 0.6 is 0 Å². The summed E-state index contributed by atoms with van der Waals surface area (Å²) in [6, 6.07) is 6.69. The van der Waals surface area contributed by atoms with Crippen molar-refractivity contribution >= 4 is 75.6 Å². The molecule has 0 radical (unpaired) electrons. The third-order valence-electron chi connectivity index (χ3n) is 17.6. The summed E-state index contributed by atoms with van der Waals surface area (Å²) in [4.78, 5) is 0. The minimum absolute atomic E-state index is 0.00538. The Hall–Kier alpha value is 0.405. The molecule has 0 spiro atoms. The van der Waals surface area contributed by atoms with Crippen LogP contribution in [-0.4, -0.2) is 70.4 Å². The van der Waals surface area contributed by atoms with E-state index in [1.54, 1.807) is 0 Å². The summed E-state index contributed by atoms with van der Waals surface area (Å²) in [6.07, 6.45) is 27.9. The van der Waals surface area contributed by atoms with Gasteiger partial charge in [-0.3, -0.25) is 0 Å². The topological polar surface area (TPSA) is 111 Å². The molecule has 6 saturated heterocycles. The first-order valence-electron chi connectivity index (χ1n) is 25.4. The normalized spacial score (nSPS) is 47.5. The Bertz CT molecular complexity index is 1650. The maximum atomic E-state index is 15.2. The minimum Gasteiger partial charge on any atom is -0.373 e. The summed E-state index contributed by atoms with van der Waals surface area (Å²) < 4.78 is 116. The highest BCUT2D eigenvalue weighted by Crippen LogP contribution is 2.66. The van der Waals surface area contributed by atoms with Gasteiger partial charge in [-0.25, -0.2) is 4.39 Å². The van der Waals surface area contributed by atoms with Crippen molar-refractivity contribution in [1.82, 2.24) is 0 Å². The highest BCUT2D eigenvalue weighted by atomic mass is 28.6. The first-order valence-corrected chi connectivity index (χ1v) is 39.7. The smallest absolute Gasteiger partial charge is 0.373 e. The molecular formula is C41H67FO12Si8. The van der Waals surface area contributed by atoms with Crippen molar-refractivity contribution in [2.24, 2.45) is 0 Å². The number of halogens is 1.